The van der Waals surface area contributed by atoms with Gasteiger partial charge in [-0.1, -0.05) is 6.07 Å². The van der Waals surface area contributed by atoms with Gasteiger partial charge in [0.1, 0.15) is 22.9 Å². The summed E-state index contributed by atoms with van der Waals surface area (Å²) >= 11 is 0. The van der Waals surface area contributed by atoms with Gasteiger partial charge in [-0.3, -0.25) is 14.8 Å². The number of nitrogens with one attached hydrogen (secondary N) is 2. The van der Waals surface area contributed by atoms with Crippen molar-refractivity contribution >= 4 is 17.4 Å². The van der Waals surface area contributed by atoms with Gasteiger partial charge >= 0.3 is 6.18 Å². The minimum absolute atomic E-state index is 0.128. The lowest BCUT2D eigenvalue weighted by atomic mass is 10.0. The van der Waals surface area contributed by atoms with Gasteiger partial charge in [0.05, 0.1) is 11.8 Å². The van der Waals surface area contributed by atoms with Gasteiger partial charge in [-0.05, 0) is 43.7 Å². The molecule has 1 aromatic carbocycles. The van der Waals surface area contributed by atoms with Crippen LogP contribution in [0.15, 0.2) is 47.7 Å². The number of nitrogens with zero attached hydrogens (tertiary/aromatic N) is 6. The molecular formula is C24H21F3N8O. The molecule has 0 saturated heterocycles. The topological polar surface area (TPSA) is 110 Å². The second-order valence-corrected chi connectivity index (χ2v) is 8.48. The molecule has 4 heterocycles. The first-order valence-corrected chi connectivity index (χ1v) is 11.1. The smallest absolute Gasteiger partial charge is 0.365 e. The van der Waals surface area contributed by atoms with Crippen LogP contribution in [-0.2, 0) is 12.7 Å². The average Bonchev–Trinajstić information content (AvgIpc) is 3.25. The van der Waals surface area contributed by atoms with Crippen LogP contribution in [0.25, 0.3) is 22.8 Å². The second-order valence-electron chi connectivity index (χ2n) is 8.48. The van der Waals surface area contributed by atoms with Crippen LogP contribution in [0.2, 0.25) is 0 Å². The predicted molar refractivity (Wildman–Crippen MR) is 126 cm³/mol. The number of pyridine rings is 1. The van der Waals surface area contributed by atoms with Crippen molar-refractivity contribution in [3.63, 3.8) is 0 Å². The normalized spacial score (nSPS) is 15.6. The van der Waals surface area contributed by atoms with Crippen molar-refractivity contribution in [3.05, 3.63) is 65.2 Å². The monoisotopic (exact) mass is 494 g/mol. The van der Waals surface area contributed by atoms with E-state index in [9.17, 15) is 18.0 Å². The Kier molecular flexibility index (Phi) is 5.65. The number of hydrogen-bond acceptors (Lipinski definition) is 7. The van der Waals surface area contributed by atoms with Crippen LogP contribution in [0.3, 0.4) is 0 Å². The summed E-state index contributed by atoms with van der Waals surface area (Å²) in [5.74, 6) is 0.666. The Hall–Kier alpha value is -4.35. The van der Waals surface area contributed by atoms with Gasteiger partial charge in [0, 0.05) is 37.1 Å². The molecule has 0 aliphatic carbocycles. The van der Waals surface area contributed by atoms with Gasteiger partial charge < -0.3 is 15.2 Å². The van der Waals surface area contributed by atoms with Crippen LogP contribution in [0.4, 0.5) is 24.7 Å². The van der Waals surface area contributed by atoms with Crippen LogP contribution < -0.4 is 16.3 Å². The third kappa shape index (κ3) is 4.25. The van der Waals surface area contributed by atoms with Crippen molar-refractivity contribution in [2.24, 2.45) is 4.99 Å². The van der Waals surface area contributed by atoms with E-state index >= 15 is 0 Å². The van der Waals surface area contributed by atoms with E-state index in [0.717, 1.165) is 35.3 Å². The SMILES string of the molecule is CN=c1ncc2nc(-c3cc(NC(=O)c4cc(C(F)(F)F)ccn4)ccc3C)c3n(c-2n1)CC(C)N3. The maximum absolute atomic E-state index is 13.0. The number of benzene rings is 1. The molecule has 2 N–H and O–H groups in total. The first kappa shape index (κ1) is 23.4. The van der Waals surface area contributed by atoms with E-state index in [2.05, 4.69) is 30.6 Å². The largest absolute Gasteiger partial charge is 0.416 e. The summed E-state index contributed by atoms with van der Waals surface area (Å²) in [6, 6.07) is 6.88. The molecule has 0 spiro atoms. The van der Waals surface area contributed by atoms with Crippen molar-refractivity contribution in [2.45, 2.75) is 32.6 Å². The third-order valence-corrected chi connectivity index (χ3v) is 5.83. The summed E-state index contributed by atoms with van der Waals surface area (Å²) in [7, 11) is 1.62. The predicted octanol–water partition coefficient (Wildman–Crippen LogP) is 3.76. The zero-order valence-electron chi connectivity index (χ0n) is 19.6. The van der Waals surface area contributed by atoms with Crippen molar-refractivity contribution in [3.8, 4) is 22.8 Å². The van der Waals surface area contributed by atoms with E-state index in [4.69, 9.17) is 4.98 Å². The number of aryl methyl sites for hydroxylation is 1. The lowest BCUT2D eigenvalue weighted by Crippen LogP contribution is -2.19. The molecule has 5 rings (SSSR count). The number of hydrogen-bond donors (Lipinski definition) is 2. The highest BCUT2D eigenvalue weighted by Crippen LogP contribution is 2.37. The lowest BCUT2D eigenvalue weighted by molar-refractivity contribution is -0.137. The highest BCUT2D eigenvalue weighted by Gasteiger charge is 2.31. The number of halogens is 3. The minimum Gasteiger partial charge on any atom is -0.365 e. The number of carbonyl (C=O) groups excluding carboxylic acids is 1. The number of amides is 1. The Morgan fingerprint density at radius 2 is 2.00 bits per heavy atom. The van der Waals surface area contributed by atoms with Crippen LogP contribution in [-0.4, -0.2) is 43.5 Å². The number of anilines is 2. The Morgan fingerprint density at radius 1 is 1.19 bits per heavy atom. The first-order valence-electron chi connectivity index (χ1n) is 11.1. The van der Waals surface area contributed by atoms with Crippen molar-refractivity contribution in [1.29, 1.82) is 0 Å². The molecule has 3 aliphatic heterocycles. The number of rotatable bonds is 3. The average molecular weight is 494 g/mol. The molecule has 1 amide bonds. The zero-order valence-corrected chi connectivity index (χ0v) is 19.6. The number of fused-ring (bicyclic) bond motifs is 3. The summed E-state index contributed by atoms with van der Waals surface area (Å²) in [6.07, 6.45) is -2.00. The fourth-order valence-electron chi connectivity index (χ4n) is 4.10. The minimum atomic E-state index is -4.57. The number of carbonyl (C=O) groups is 1. The van der Waals surface area contributed by atoms with Gasteiger partial charge in [-0.2, -0.15) is 18.2 Å². The summed E-state index contributed by atoms with van der Waals surface area (Å²) in [4.78, 5) is 34.1. The molecule has 1 aromatic heterocycles. The molecular weight excluding hydrogens is 473 g/mol. The van der Waals surface area contributed by atoms with Crippen molar-refractivity contribution in [1.82, 2.24) is 24.5 Å². The Morgan fingerprint density at radius 3 is 2.75 bits per heavy atom. The zero-order chi connectivity index (χ0) is 25.6. The Bertz CT molecular complexity index is 1530. The third-order valence-electron chi connectivity index (χ3n) is 5.83. The van der Waals surface area contributed by atoms with Crippen LogP contribution in [0.5, 0.6) is 0 Å². The molecule has 0 saturated carbocycles. The molecule has 36 heavy (non-hydrogen) atoms. The first-order chi connectivity index (χ1) is 17.1. The molecule has 1 atom stereocenters. The van der Waals surface area contributed by atoms with Crippen LogP contribution >= 0.6 is 0 Å². The Labute approximate surface area is 203 Å². The quantitative estimate of drug-likeness (QED) is 0.449. The van der Waals surface area contributed by atoms with Gasteiger partial charge in [0.2, 0.25) is 5.62 Å². The molecule has 9 nitrogen and oxygen atoms in total. The van der Waals surface area contributed by atoms with E-state index in [-0.39, 0.29) is 11.7 Å². The standard InChI is InChI=1S/C24H21F3N8O/c1-12-4-5-15(32-22(36)17-8-14(6-7-29-17)24(25,26)27)9-16(12)19-21-31-13(2)11-35(21)20-18(33-19)10-30-23(28-3)34-20/h4-10,13,31H,11H2,1-3H3,(H,32,36). The van der Waals surface area contributed by atoms with Crippen LogP contribution in [0, 0.1) is 6.92 Å². The van der Waals surface area contributed by atoms with Gasteiger partial charge in [0.15, 0.2) is 5.82 Å². The van der Waals surface area contributed by atoms with E-state index in [1.807, 2.05) is 18.4 Å². The van der Waals surface area contributed by atoms with E-state index < -0.39 is 17.6 Å². The maximum Gasteiger partial charge on any atom is 0.416 e. The van der Waals surface area contributed by atoms with E-state index in [1.165, 1.54) is 0 Å². The molecule has 2 aromatic rings. The summed E-state index contributed by atoms with van der Waals surface area (Å²) in [5, 5.41) is 6.08. The summed E-state index contributed by atoms with van der Waals surface area (Å²) < 4.78 is 41.2. The highest BCUT2D eigenvalue weighted by molar-refractivity contribution is 6.03. The molecule has 3 aliphatic rings. The van der Waals surface area contributed by atoms with Crippen molar-refractivity contribution < 1.29 is 18.0 Å². The number of alkyl halides is 3. The van der Waals surface area contributed by atoms with Gasteiger partial charge in [0.25, 0.3) is 5.91 Å². The molecule has 184 valence electrons. The molecule has 0 bridgehead atoms. The maximum atomic E-state index is 13.0. The molecule has 0 radical (unpaired) electrons. The highest BCUT2D eigenvalue weighted by atomic mass is 19.4. The van der Waals surface area contributed by atoms with Crippen LogP contribution in [0.1, 0.15) is 28.5 Å². The molecule has 0 fully saturated rings. The summed E-state index contributed by atoms with van der Waals surface area (Å²) in [5.41, 5.74) is 2.32. The lowest BCUT2D eigenvalue weighted by Gasteiger charge is -2.17. The van der Waals surface area contributed by atoms with E-state index in [0.29, 0.717) is 35.1 Å². The van der Waals surface area contributed by atoms with Gasteiger partial charge in [-0.15, -0.1) is 0 Å². The summed E-state index contributed by atoms with van der Waals surface area (Å²) in [6.45, 7) is 4.62. The fourth-order valence-corrected chi connectivity index (χ4v) is 4.10. The van der Waals surface area contributed by atoms with Gasteiger partial charge in [-0.25, -0.2) is 9.97 Å². The number of aromatic nitrogens is 5. The fraction of sp³-hybridized carbons (Fsp3) is 0.250. The van der Waals surface area contributed by atoms with E-state index in [1.54, 1.807) is 31.4 Å². The Balaban J connectivity index is 1.55. The second kappa shape index (κ2) is 8.70. The van der Waals surface area contributed by atoms with Crippen molar-refractivity contribution in [2.75, 3.05) is 17.7 Å². The molecule has 12 heteroatoms. The molecule has 1 unspecified atom stereocenters.